The van der Waals surface area contributed by atoms with E-state index in [0.717, 1.165) is 5.56 Å². The molecule has 6 unspecified atom stereocenters. The van der Waals surface area contributed by atoms with Crippen molar-refractivity contribution in [3.05, 3.63) is 35.9 Å². The number of nitriles is 1. The SMILES string of the molecule is CC1(C)OC2OC3C(CC#N)OC(c4ccccc4)OC3C2O1. The van der Waals surface area contributed by atoms with Gasteiger partial charge in [0.25, 0.3) is 0 Å². The first-order chi connectivity index (χ1) is 11.1. The van der Waals surface area contributed by atoms with Crippen molar-refractivity contribution >= 4 is 0 Å². The van der Waals surface area contributed by atoms with Gasteiger partial charge in [-0.25, -0.2) is 0 Å². The molecule has 3 fully saturated rings. The van der Waals surface area contributed by atoms with Crippen LogP contribution in [0.5, 0.6) is 0 Å². The van der Waals surface area contributed by atoms with E-state index in [1.165, 1.54) is 0 Å². The van der Waals surface area contributed by atoms with Gasteiger partial charge in [-0.3, -0.25) is 0 Å². The van der Waals surface area contributed by atoms with Crippen LogP contribution in [0, 0.1) is 11.3 Å². The molecule has 0 radical (unpaired) electrons. The van der Waals surface area contributed by atoms with Gasteiger partial charge in [0.1, 0.15) is 24.4 Å². The second kappa shape index (κ2) is 5.55. The fourth-order valence-corrected chi connectivity index (χ4v) is 3.39. The van der Waals surface area contributed by atoms with E-state index >= 15 is 0 Å². The average Bonchev–Trinajstić information content (AvgIpc) is 3.01. The quantitative estimate of drug-likeness (QED) is 0.833. The summed E-state index contributed by atoms with van der Waals surface area (Å²) in [5.74, 6) is -0.699. The van der Waals surface area contributed by atoms with E-state index in [9.17, 15) is 0 Å². The van der Waals surface area contributed by atoms with Crippen molar-refractivity contribution in [1.29, 1.82) is 5.26 Å². The Balaban J connectivity index is 1.60. The summed E-state index contributed by atoms with van der Waals surface area (Å²) in [6.45, 7) is 3.70. The zero-order chi connectivity index (χ0) is 16.0. The predicted octanol–water partition coefficient (Wildman–Crippen LogP) is 2.26. The second-order valence-electron chi connectivity index (χ2n) is 6.45. The molecule has 1 aromatic carbocycles. The van der Waals surface area contributed by atoms with Crippen LogP contribution in [0.2, 0.25) is 0 Å². The number of benzene rings is 1. The van der Waals surface area contributed by atoms with Gasteiger partial charge in [-0.15, -0.1) is 0 Å². The Morgan fingerprint density at radius 2 is 1.78 bits per heavy atom. The van der Waals surface area contributed by atoms with E-state index in [1.54, 1.807) is 0 Å². The summed E-state index contributed by atoms with van der Waals surface area (Å²) in [5, 5.41) is 9.09. The highest BCUT2D eigenvalue weighted by atomic mass is 16.9. The van der Waals surface area contributed by atoms with Crippen molar-refractivity contribution in [1.82, 2.24) is 0 Å². The molecule has 122 valence electrons. The molecule has 0 amide bonds. The largest absolute Gasteiger partial charge is 0.341 e. The summed E-state index contributed by atoms with van der Waals surface area (Å²) in [6.07, 6.45) is -2.16. The van der Waals surface area contributed by atoms with Crippen molar-refractivity contribution in [2.45, 2.75) is 63.1 Å². The molecule has 6 heteroatoms. The third-order valence-corrected chi connectivity index (χ3v) is 4.34. The van der Waals surface area contributed by atoms with Crippen LogP contribution in [-0.2, 0) is 23.7 Å². The zero-order valence-corrected chi connectivity index (χ0v) is 13.0. The van der Waals surface area contributed by atoms with E-state index in [-0.39, 0.29) is 30.8 Å². The molecule has 0 saturated carbocycles. The monoisotopic (exact) mass is 317 g/mol. The molecule has 1 aromatic rings. The van der Waals surface area contributed by atoms with Gasteiger partial charge >= 0.3 is 0 Å². The van der Waals surface area contributed by atoms with Crippen LogP contribution < -0.4 is 0 Å². The lowest BCUT2D eigenvalue weighted by Gasteiger charge is -2.39. The molecular formula is C17H19NO5. The molecule has 3 aliphatic heterocycles. The fraction of sp³-hybridized carbons (Fsp3) is 0.588. The Morgan fingerprint density at radius 3 is 2.52 bits per heavy atom. The van der Waals surface area contributed by atoms with Crippen LogP contribution in [0.4, 0.5) is 0 Å². The van der Waals surface area contributed by atoms with Crippen molar-refractivity contribution in [3.8, 4) is 6.07 Å². The summed E-state index contributed by atoms with van der Waals surface area (Å²) < 4.78 is 29.7. The van der Waals surface area contributed by atoms with Crippen LogP contribution in [0.1, 0.15) is 32.1 Å². The lowest BCUT2D eigenvalue weighted by molar-refractivity contribution is -0.308. The summed E-state index contributed by atoms with van der Waals surface area (Å²) in [6, 6.07) is 11.8. The molecule has 23 heavy (non-hydrogen) atoms. The molecule has 6 nitrogen and oxygen atoms in total. The van der Waals surface area contributed by atoms with Crippen LogP contribution >= 0.6 is 0 Å². The highest BCUT2D eigenvalue weighted by Crippen LogP contribution is 2.45. The molecule has 0 aromatic heterocycles. The maximum atomic E-state index is 9.09. The molecule has 3 aliphatic rings. The minimum atomic E-state index is -0.699. The topological polar surface area (TPSA) is 69.9 Å². The van der Waals surface area contributed by atoms with Crippen molar-refractivity contribution < 1.29 is 23.7 Å². The summed E-state index contributed by atoms with van der Waals surface area (Å²) in [4.78, 5) is 0. The number of hydrogen-bond acceptors (Lipinski definition) is 6. The third kappa shape index (κ3) is 2.65. The van der Waals surface area contributed by atoms with Crippen LogP contribution in [0.15, 0.2) is 30.3 Å². The van der Waals surface area contributed by atoms with E-state index in [1.807, 2.05) is 44.2 Å². The van der Waals surface area contributed by atoms with E-state index < -0.39 is 18.4 Å². The Bertz CT molecular complexity index is 613. The molecule has 3 saturated heterocycles. The van der Waals surface area contributed by atoms with Crippen molar-refractivity contribution in [2.75, 3.05) is 0 Å². The maximum absolute atomic E-state index is 9.09. The van der Waals surface area contributed by atoms with Crippen LogP contribution in [0.25, 0.3) is 0 Å². The Kier molecular flexibility index (Phi) is 3.63. The summed E-state index contributed by atoms with van der Waals surface area (Å²) in [7, 11) is 0. The Morgan fingerprint density at radius 1 is 1.00 bits per heavy atom. The minimum absolute atomic E-state index is 0.233. The smallest absolute Gasteiger partial charge is 0.190 e. The molecule has 3 heterocycles. The minimum Gasteiger partial charge on any atom is -0.341 e. The van der Waals surface area contributed by atoms with E-state index in [0.29, 0.717) is 0 Å². The van der Waals surface area contributed by atoms with Crippen molar-refractivity contribution in [3.63, 3.8) is 0 Å². The average molecular weight is 317 g/mol. The molecule has 0 N–H and O–H groups in total. The number of hydrogen-bond donors (Lipinski definition) is 0. The molecule has 0 aliphatic carbocycles. The summed E-state index contributed by atoms with van der Waals surface area (Å²) >= 11 is 0. The molecule has 0 spiro atoms. The van der Waals surface area contributed by atoms with Crippen LogP contribution in [0.3, 0.4) is 0 Å². The van der Waals surface area contributed by atoms with Gasteiger partial charge in [0.15, 0.2) is 18.4 Å². The fourth-order valence-electron chi connectivity index (χ4n) is 3.39. The van der Waals surface area contributed by atoms with Gasteiger partial charge in [0.05, 0.1) is 12.5 Å². The first-order valence-electron chi connectivity index (χ1n) is 7.81. The standard InChI is InChI=1S/C17H19NO5/c1-17(2)22-14-13-12(20-16(14)23-17)11(8-9-18)19-15(21-13)10-6-4-3-5-7-10/h3-7,11-16H,8H2,1-2H3. The summed E-state index contributed by atoms with van der Waals surface area (Å²) in [5.41, 5.74) is 0.913. The lowest BCUT2D eigenvalue weighted by atomic mass is 10.0. The van der Waals surface area contributed by atoms with Crippen LogP contribution in [-0.4, -0.2) is 36.5 Å². The zero-order valence-electron chi connectivity index (χ0n) is 13.0. The maximum Gasteiger partial charge on any atom is 0.190 e. The van der Waals surface area contributed by atoms with Gasteiger partial charge < -0.3 is 23.7 Å². The third-order valence-electron chi connectivity index (χ3n) is 4.34. The first kappa shape index (κ1) is 15.1. The van der Waals surface area contributed by atoms with Gasteiger partial charge in [-0.2, -0.15) is 5.26 Å². The van der Waals surface area contributed by atoms with Crippen molar-refractivity contribution in [2.24, 2.45) is 0 Å². The van der Waals surface area contributed by atoms with E-state index in [4.69, 9.17) is 28.9 Å². The molecular weight excluding hydrogens is 298 g/mol. The Labute approximate surface area is 134 Å². The number of ether oxygens (including phenoxy) is 5. The van der Waals surface area contributed by atoms with Gasteiger partial charge in [-0.1, -0.05) is 30.3 Å². The molecule has 6 atom stereocenters. The number of fused-ring (bicyclic) bond motifs is 3. The molecule has 4 rings (SSSR count). The predicted molar refractivity (Wildman–Crippen MR) is 77.9 cm³/mol. The lowest BCUT2D eigenvalue weighted by Crippen LogP contribution is -2.49. The highest BCUT2D eigenvalue weighted by molar-refractivity contribution is 5.17. The Hall–Kier alpha value is -1.49. The van der Waals surface area contributed by atoms with E-state index in [2.05, 4.69) is 6.07 Å². The van der Waals surface area contributed by atoms with Gasteiger partial charge in [-0.05, 0) is 13.8 Å². The first-order valence-corrected chi connectivity index (χ1v) is 7.81. The number of nitrogens with zero attached hydrogens (tertiary/aromatic N) is 1. The normalized spacial score (nSPS) is 41.1. The highest BCUT2D eigenvalue weighted by Gasteiger charge is 2.60. The second-order valence-corrected chi connectivity index (χ2v) is 6.45. The molecule has 0 bridgehead atoms. The van der Waals surface area contributed by atoms with Gasteiger partial charge in [0, 0.05) is 5.56 Å². The van der Waals surface area contributed by atoms with Gasteiger partial charge in [0.2, 0.25) is 0 Å². The number of rotatable bonds is 2.